The highest BCUT2D eigenvalue weighted by Gasteiger charge is 2.48. The first-order chi connectivity index (χ1) is 7.09. The van der Waals surface area contributed by atoms with Gasteiger partial charge in [-0.2, -0.15) is 0 Å². The molecule has 1 aromatic rings. The number of benzene rings is 1. The van der Waals surface area contributed by atoms with Crippen LogP contribution in [0.5, 0.6) is 0 Å². The Hall–Kier alpha value is -0.670. The lowest BCUT2D eigenvalue weighted by atomic mass is 9.92. The molecule has 1 fully saturated rings. The average molecular weight is 268 g/mol. The molecule has 1 aliphatic rings. The highest BCUT2D eigenvalue weighted by atomic mass is 79.9. The third-order valence-corrected chi connectivity index (χ3v) is 3.66. The fourth-order valence-electron chi connectivity index (χ4n) is 1.80. The van der Waals surface area contributed by atoms with Crippen molar-refractivity contribution in [3.8, 4) is 0 Å². The number of nitrogens with two attached hydrogens (primary N) is 1. The van der Waals surface area contributed by atoms with E-state index in [1.807, 2.05) is 25.1 Å². The first-order valence-corrected chi connectivity index (χ1v) is 5.89. The number of carbonyl (C=O) groups excluding carboxylic acids is 1. The van der Waals surface area contributed by atoms with Crippen LogP contribution in [0, 0.1) is 12.3 Å². The topological polar surface area (TPSA) is 43.1 Å². The SMILES string of the molecule is Cc1ccc(Br)cc1C(=O)C1(CN)CC1. The van der Waals surface area contributed by atoms with E-state index in [1.54, 1.807) is 0 Å². The fraction of sp³-hybridized carbons (Fsp3) is 0.417. The minimum Gasteiger partial charge on any atom is -0.329 e. The predicted molar refractivity (Wildman–Crippen MR) is 63.9 cm³/mol. The van der Waals surface area contributed by atoms with Crippen LogP contribution in [0.15, 0.2) is 22.7 Å². The molecule has 0 saturated heterocycles. The Morgan fingerprint density at radius 3 is 2.73 bits per heavy atom. The van der Waals surface area contributed by atoms with Crippen LogP contribution in [0.25, 0.3) is 0 Å². The van der Waals surface area contributed by atoms with Gasteiger partial charge in [-0.3, -0.25) is 4.79 Å². The second-order valence-electron chi connectivity index (χ2n) is 4.27. The molecule has 2 nitrogen and oxygen atoms in total. The van der Waals surface area contributed by atoms with Gasteiger partial charge in [0.05, 0.1) is 0 Å². The lowest BCUT2D eigenvalue weighted by Gasteiger charge is -2.13. The summed E-state index contributed by atoms with van der Waals surface area (Å²) in [6.07, 6.45) is 1.88. The highest BCUT2D eigenvalue weighted by Crippen LogP contribution is 2.47. The van der Waals surface area contributed by atoms with E-state index < -0.39 is 0 Å². The van der Waals surface area contributed by atoms with Crippen LogP contribution in [0.4, 0.5) is 0 Å². The van der Waals surface area contributed by atoms with Crippen LogP contribution in [0.3, 0.4) is 0 Å². The second-order valence-corrected chi connectivity index (χ2v) is 5.19. The molecule has 3 heteroatoms. The lowest BCUT2D eigenvalue weighted by molar-refractivity contribution is 0.0905. The Bertz CT molecular complexity index is 410. The minimum absolute atomic E-state index is 0.212. The summed E-state index contributed by atoms with van der Waals surface area (Å²) in [5.41, 5.74) is 7.26. The van der Waals surface area contributed by atoms with Gasteiger partial charge in [-0.05, 0) is 37.5 Å². The zero-order chi connectivity index (χ0) is 11.1. The summed E-state index contributed by atoms with van der Waals surface area (Å²) >= 11 is 3.39. The number of hydrogen-bond donors (Lipinski definition) is 1. The Labute approximate surface area is 98.0 Å². The number of Topliss-reactive ketones (excluding diaryl/α,β-unsaturated/α-hetero) is 1. The largest absolute Gasteiger partial charge is 0.329 e. The van der Waals surface area contributed by atoms with Gasteiger partial charge in [0.2, 0.25) is 0 Å². The van der Waals surface area contributed by atoms with Gasteiger partial charge in [-0.15, -0.1) is 0 Å². The van der Waals surface area contributed by atoms with E-state index in [0.29, 0.717) is 6.54 Å². The Kier molecular flexibility index (Phi) is 2.69. The van der Waals surface area contributed by atoms with Crippen LogP contribution in [0.2, 0.25) is 0 Å². The van der Waals surface area contributed by atoms with Crippen LogP contribution >= 0.6 is 15.9 Å². The molecule has 0 amide bonds. The maximum absolute atomic E-state index is 12.2. The van der Waals surface area contributed by atoms with E-state index in [9.17, 15) is 4.79 Å². The number of carbonyl (C=O) groups is 1. The molecule has 0 radical (unpaired) electrons. The van der Waals surface area contributed by atoms with Gasteiger partial charge >= 0.3 is 0 Å². The van der Waals surface area contributed by atoms with Gasteiger partial charge in [-0.1, -0.05) is 22.0 Å². The number of hydrogen-bond acceptors (Lipinski definition) is 2. The van der Waals surface area contributed by atoms with Crippen molar-refractivity contribution in [1.29, 1.82) is 0 Å². The maximum atomic E-state index is 12.2. The molecule has 0 bridgehead atoms. The molecule has 0 aliphatic heterocycles. The molecular weight excluding hydrogens is 254 g/mol. The van der Waals surface area contributed by atoms with E-state index in [-0.39, 0.29) is 11.2 Å². The molecule has 2 N–H and O–H groups in total. The molecule has 80 valence electrons. The Balaban J connectivity index is 2.37. The standard InChI is InChI=1S/C12H14BrNO/c1-8-2-3-9(13)6-10(8)11(15)12(7-14)4-5-12/h2-3,6H,4-5,7,14H2,1H3. The van der Waals surface area contributed by atoms with Gasteiger partial charge < -0.3 is 5.73 Å². The van der Waals surface area contributed by atoms with Crippen molar-refractivity contribution in [2.45, 2.75) is 19.8 Å². The van der Waals surface area contributed by atoms with Crippen molar-refractivity contribution in [2.75, 3.05) is 6.54 Å². The summed E-state index contributed by atoms with van der Waals surface area (Å²) in [7, 11) is 0. The van der Waals surface area contributed by atoms with Crippen LogP contribution < -0.4 is 5.73 Å². The van der Waals surface area contributed by atoms with Gasteiger partial charge in [0, 0.05) is 22.0 Å². The first kappa shape index (κ1) is 10.8. The van der Waals surface area contributed by atoms with Crippen molar-refractivity contribution in [2.24, 2.45) is 11.1 Å². The summed E-state index contributed by atoms with van der Waals surface area (Å²) in [6, 6.07) is 5.81. The molecule has 0 aromatic heterocycles. The van der Waals surface area contributed by atoms with E-state index in [2.05, 4.69) is 15.9 Å². The molecule has 0 atom stereocenters. The third kappa shape index (κ3) is 1.86. The zero-order valence-electron chi connectivity index (χ0n) is 8.72. The van der Waals surface area contributed by atoms with Crippen molar-refractivity contribution in [3.63, 3.8) is 0 Å². The molecule has 1 saturated carbocycles. The van der Waals surface area contributed by atoms with Gasteiger partial charge in [0.1, 0.15) is 0 Å². The molecule has 0 unspecified atom stereocenters. The van der Waals surface area contributed by atoms with Gasteiger partial charge in [-0.25, -0.2) is 0 Å². The molecule has 1 aliphatic carbocycles. The second kappa shape index (κ2) is 3.72. The van der Waals surface area contributed by atoms with Crippen molar-refractivity contribution < 1.29 is 4.79 Å². The minimum atomic E-state index is -0.244. The first-order valence-electron chi connectivity index (χ1n) is 5.10. The van der Waals surface area contributed by atoms with Crippen molar-refractivity contribution >= 4 is 21.7 Å². The zero-order valence-corrected chi connectivity index (χ0v) is 10.3. The normalized spacial score (nSPS) is 17.5. The van der Waals surface area contributed by atoms with Crippen LogP contribution in [-0.2, 0) is 0 Å². The van der Waals surface area contributed by atoms with Crippen LogP contribution in [-0.4, -0.2) is 12.3 Å². The smallest absolute Gasteiger partial charge is 0.170 e. The quantitative estimate of drug-likeness (QED) is 0.856. The number of aryl methyl sites for hydroxylation is 1. The van der Waals surface area contributed by atoms with Gasteiger partial charge in [0.15, 0.2) is 5.78 Å². The Morgan fingerprint density at radius 1 is 1.53 bits per heavy atom. The van der Waals surface area contributed by atoms with E-state index in [1.165, 1.54) is 0 Å². The third-order valence-electron chi connectivity index (χ3n) is 3.17. The molecule has 2 rings (SSSR count). The van der Waals surface area contributed by atoms with E-state index in [0.717, 1.165) is 28.4 Å². The summed E-state index contributed by atoms with van der Waals surface area (Å²) in [5.74, 6) is 0.212. The predicted octanol–water partition coefficient (Wildman–Crippen LogP) is 2.68. The summed E-state index contributed by atoms with van der Waals surface area (Å²) in [6.45, 7) is 2.43. The molecule has 1 aromatic carbocycles. The van der Waals surface area contributed by atoms with Crippen molar-refractivity contribution in [1.82, 2.24) is 0 Å². The van der Waals surface area contributed by atoms with E-state index in [4.69, 9.17) is 5.73 Å². The summed E-state index contributed by atoms with van der Waals surface area (Å²) in [4.78, 5) is 12.2. The number of ketones is 1. The number of halogens is 1. The van der Waals surface area contributed by atoms with Gasteiger partial charge in [0.25, 0.3) is 0 Å². The molecule has 0 spiro atoms. The Morgan fingerprint density at radius 2 is 2.20 bits per heavy atom. The fourth-order valence-corrected chi connectivity index (χ4v) is 2.16. The summed E-state index contributed by atoms with van der Waals surface area (Å²) < 4.78 is 0.948. The van der Waals surface area contributed by atoms with E-state index >= 15 is 0 Å². The number of rotatable bonds is 3. The molecule has 0 heterocycles. The molecular formula is C12H14BrNO. The average Bonchev–Trinajstić information content (AvgIpc) is 3.01. The van der Waals surface area contributed by atoms with Crippen LogP contribution in [0.1, 0.15) is 28.8 Å². The summed E-state index contributed by atoms with van der Waals surface area (Å²) in [5, 5.41) is 0. The molecule has 15 heavy (non-hydrogen) atoms. The monoisotopic (exact) mass is 267 g/mol. The maximum Gasteiger partial charge on any atom is 0.170 e. The highest BCUT2D eigenvalue weighted by molar-refractivity contribution is 9.10. The lowest BCUT2D eigenvalue weighted by Crippen LogP contribution is -2.25. The van der Waals surface area contributed by atoms with Crippen molar-refractivity contribution in [3.05, 3.63) is 33.8 Å².